The van der Waals surface area contributed by atoms with Gasteiger partial charge in [0.25, 0.3) is 0 Å². The number of hydrogen-bond acceptors (Lipinski definition) is 9. The van der Waals surface area contributed by atoms with Crippen molar-refractivity contribution in [3.8, 4) is 0 Å². The fourth-order valence-electron chi connectivity index (χ4n) is 1.12. The topological polar surface area (TPSA) is 179 Å². The van der Waals surface area contributed by atoms with Crippen molar-refractivity contribution in [3.05, 3.63) is 0 Å². The van der Waals surface area contributed by atoms with Crippen LogP contribution in [0.3, 0.4) is 0 Å². The van der Waals surface area contributed by atoms with E-state index in [0.29, 0.717) is 12.3 Å². The largest absolute Gasteiger partial charge is 2.00 e. The van der Waals surface area contributed by atoms with Gasteiger partial charge in [0.05, 0.1) is 6.61 Å². The molecule has 1 unspecified atom stereocenters. The molecule has 0 aromatic heterocycles. The molecule has 0 aromatic rings. The van der Waals surface area contributed by atoms with E-state index in [0.717, 1.165) is 0 Å². The molecular weight excluding hydrogens is 392 g/mol. The molecule has 1 atom stereocenters. The van der Waals surface area contributed by atoms with Crippen molar-refractivity contribution in [3.63, 3.8) is 0 Å². The maximum Gasteiger partial charge on any atom is 2.00 e. The van der Waals surface area contributed by atoms with E-state index in [1.807, 2.05) is 0 Å². The number of rotatable bonds is 8. The first kappa shape index (κ1) is 29.1. The predicted molar refractivity (Wildman–Crippen MR) is 87.6 cm³/mol. The van der Waals surface area contributed by atoms with Crippen molar-refractivity contribution >= 4 is 72.6 Å². The van der Waals surface area contributed by atoms with E-state index in [4.69, 9.17) is 22.6 Å². The monoisotopic (exact) mass is 414 g/mol. The zero-order valence-corrected chi connectivity index (χ0v) is 17.4. The minimum Gasteiger partial charge on any atom is -0.759 e. The van der Waals surface area contributed by atoms with Crippen molar-refractivity contribution in [1.29, 1.82) is 0 Å². The Hall–Kier alpha value is 0.340. The minimum atomic E-state index is -5.17. The number of aliphatic hydroxyl groups is 2. The third-order valence-corrected chi connectivity index (χ3v) is 2.70. The third kappa shape index (κ3) is 18.7. The molecule has 0 spiro atoms. The summed E-state index contributed by atoms with van der Waals surface area (Å²) in [4.78, 5) is 22.7. The Bertz CT molecular complexity index is 465. The van der Waals surface area contributed by atoms with Crippen molar-refractivity contribution < 1.29 is 37.3 Å². The molecule has 0 fully saturated rings. The second-order valence-electron chi connectivity index (χ2n) is 5.07. The smallest absolute Gasteiger partial charge is 0.759 e. The van der Waals surface area contributed by atoms with Gasteiger partial charge in [-0.1, -0.05) is 13.8 Å². The van der Waals surface area contributed by atoms with Gasteiger partial charge in [0.1, 0.15) is 6.10 Å². The van der Waals surface area contributed by atoms with E-state index < -0.39 is 27.8 Å². The second-order valence-corrected chi connectivity index (χ2v) is 6.34. The zero-order valence-electron chi connectivity index (χ0n) is 13.5. The first-order chi connectivity index (χ1) is 10.3. The molecule has 0 aliphatic heterocycles. The van der Waals surface area contributed by atoms with Crippen LogP contribution < -0.4 is 10.6 Å². The maximum atomic E-state index is 11.5. The van der Waals surface area contributed by atoms with Gasteiger partial charge in [-0.3, -0.25) is 18.0 Å². The van der Waals surface area contributed by atoms with Gasteiger partial charge < -0.3 is 30.0 Å². The summed E-state index contributed by atoms with van der Waals surface area (Å²) in [7, 11) is -5.17. The Kier molecular flexibility index (Phi) is 17.6. The van der Waals surface area contributed by atoms with Crippen LogP contribution in [-0.2, 0) is 20.0 Å². The van der Waals surface area contributed by atoms with E-state index in [-0.39, 0.29) is 63.2 Å². The summed E-state index contributed by atoms with van der Waals surface area (Å²) in [6.07, 6.45) is -1.16. The summed E-state index contributed by atoms with van der Waals surface area (Å²) in [6.45, 7) is 3.49. The van der Waals surface area contributed by atoms with Crippen LogP contribution in [0.2, 0.25) is 0 Å². The molecule has 0 aliphatic carbocycles. The van der Waals surface area contributed by atoms with Crippen molar-refractivity contribution in [2.45, 2.75) is 26.4 Å². The summed E-state index contributed by atoms with van der Waals surface area (Å²) in [5.74, 6) is -0.210. The fraction of sp³-hybridized carbons (Fsp3) is 0.818. The number of carbonyl (C=O) groups is 2. The first-order valence-electron chi connectivity index (χ1n) is 6.46. The van der Waals surface area contributed by atoms with Crippen LogP contribution in [0.15, 0.2) is 0 Å². The van der Waals surface area contributed by atoms with E-state index in [2.05, 4.69) is 23.3 Å². The molecule has 0 aliphatic rings. The van der Waals surface area contributed by atoms with Gasteiger partial charge in [-0.2, -0.15) is 12.6 Å². The first-order valence-corrected chi connectivity index (χ1v) is 8.42. The number of hydrogen-bond donors (Lipinski definition) is 5. The average Bonchev–Trinajstić information content (AvgIpc) is 2.42. The quantitative estimate of drug-likeness (QED) is 0.122. The molecule has 0 saturated carbocycles. The maximum absolute atomic E-state index is 11.5. The normalized spacial score (nSPS) is 12.1. The fourth-order valence-corrected chi connectivity index (χ4v) is 1.23. The van der Waals surface area contributed by atoms with Gasteiger partial charge in [0.15, 0.2) is 0 Å². The minimum absolute atomic E-state index is 0. The van der Waals surface area contributed by atoms with Crippen LogP contribution in [0.5, 0.6) is 0 Å². The Labute approximate surface area is 176 Å². The number of carbonyl (C=O) groups excluding carboxylic acids is 2. The van der Waals surface area contributed by atoms with Gasteiger partial charge in [0.2, 0.25) is 11.8 Å². The number of amides is 2. The summed E-state index contributed by atoms with van der Waals surface area (Å²) in [6, 6.07) is 0. The molecule has 0 heterocycles. The average molecular weight is 415 g/mol. The Morgan fingerprint density at radius 3 is 2.04 bits per heavy atom. The number of thiol groups is 1. The molecule has 4 N–H and O–H groups in total. The third-order valence-electron chi connectivity index (χ3n) is 2.48. The Morgan fingerprint density at radius 2 is 1.67 bits per heavy atom. The Morgan fingerprint density at radius 1 is 1.21 bits per heavy atom. The van der Waals surface area contributed by atoms with Crippen molar-refractivity contribution in [2.75, 3.05) is 25.4 Å². The summed E-state index contributed by atoms with van der Waals surface area (Å²) in [5, 5.41) is 23.7. The van der Waals surface area contributed by atoms with E-state index in [1.165, 1.54) is 0 Å². The molecule has 0 radical (unpaired) electrons. The molecule has 0 aromatic carbocycles. The van der Waals surface area contributed by atoms with E-state index in [1.54, 1.807) is 13.8 Å². The van der Waals surface area contributed by atoms with Gasteiger partial charge in [-0.05, 0) is 0 Å². The number of nitrogens with one attached hydrogen (secondary N) is 2. The molecule has 24 heavy (non-hydrogen) atoms. The number of aliphatic hydroxyl groups excluding tert-OH is 2. The zero-order chi connectivity index (χ0) is 18.7. The molecule has 0 rings (SSSR count). The van der Waals surface area contributed by atoms with Crippen molar-refractivity contribution in [1.82, 2.24) is 10.6 Å². The van der Waals surface area contributed by atoms with E-state index >= 15 is 0 Å². The van der Waals surface area contributed by atoms with Gasteiger partial charge in [0, 0.05) is 41.1 Å². The van der Waals surface area contributed by atoms with E-state index in [9.17, 15) is 14.7 Å². The van der Waals surface area contributed by atoms with Crippen LogP contribution >= 0.6 is 12.6 Å². The Balaban J connectivity index is -0.000000639. The van der Waals surface area contributed by atoms with Gasteiger partial charge in [-0.15, -0.1) is 0 Å². The molecule has 2 amide bonds. The van der Waals surface area contributed by atoms with Gasteiger partial charge >= 0.3 is 37.7 Å². The molecule has 10 nitrogen and oxygen atoms in total. The standard InChI is InChI=1S/C11H22N2O4S.Ca.H2O4S/c1-11(2,7-14)9(16)10(17)13-4-3-8(15)12-5-6-18;;1-5(2,3)4/h9,14,16,18H,3-7H2,1-2H3,(H,12,15)(H,13,17);;(H2,1,2,3,4)/q;+2;/p-2. The second kappa shape index (κ2) is 14.5. The van der Waals surface area contributed by atoms with Crippen LogP contribution in [0.1, 0.15) is 20.3 Å². The summed E-state index contributed by atoms with van der Waals surface area (Å²) >= 11 is 3.95. The van der Waals surface area contributed by atoms with Crippen LogP contribution in [0.25, 0.3) is 0 Å². The SMILES string of the molecule is CC(C)(CO)C(O)C(=O)NCCC(=O)NCCS.O=S(=O)([O-])[O-].[Ca+2]. The molecule has 0 bridgehead atoms. The van der Waals surface area contributed by atoms with Crippen LogP contribution in [0.4, 0.5) is 0 Å². The predicted octanol–water partition coefficient (Wildman–Crippen LogP) is -2.80. The molecule has 138 valence electrons. The molecule has 13 heteroatoms. The molecular formula is C11H22CaN2O8S2. The molecule has 0 saturated heterocycles. The summed E-state index contributed by atoms with van der Waals surface area (Å²) in [5.41, 5.74) is -0.904. The summed E-state index contributed by atoms with van der Waals surface area (Å²) < 4.78 is 34.1. The van der Waals surface area contributed by atoms with Crippen LogP contribution in [0, 0.1) is 5.41 Å². The van der Waals surface area contributed by atoms with Gasteiger partial charge in [-0.25, -0.2) is 0 Å². The van der Waals surface area contributed by atoms with Crippen LogP contribution in [-0.4, -0.2) is 109 Å². The van der Waals surface area contributed by atoms with Crippen molar-refractivity contribution in [2.24, 2.45) is 5.41 Å².